The lowest BCUT2D eigenvalue weighted by molar-refractivity contribution is -0.0777. The summed E-state index contributed by atoms with van der Waals surface area (Å²) in [6.07, 6.45) is 4.62. The van der Waals surface area contributed by atoms with Crippen LogP contribution in [0.1, 0.15) is 63.8 Å². The summed E-state index contributed by atoms with van der Waals surface area (Å²) in [6.45, 7) is 4.23. The monoisotopic (exact) mass is 240 g/mol. The lowest BCUT2D eigenvalue weighted by Crippen LogP contribution is -2.33. The van der Waals surface area contributed by atoms with Crippen molar-refractivity contribution in [3.8, 4) is 0 Å². The van der Waals surface area contributed by atoms with E-state index in [2.05, 4.69) is 10.1 Å². The van der Waals surface area contributed by atoms with Crippen molar-refractivity contribution in [1.29, 1.82) is 0 Å². The molecule has 2 rings (SSSR count). The average Bonchev–Trinajstić information content (AvgIpc) is 2.80. The van der Waals surface area contributed by atoms with Crippen molar-refractivity contribution < 1.29 is 14.4 Å². The molecule has 1 aromatic heterocycles. The molecular weight excluding hydrogens is 220 g/mol. The normalized spacial score (nSPS) is 21.4. The van der Waals surface area contributed by atoms with E-state index in [4.69, 9.17) is 9.26 Å². The highest BCUT2D eigenvalue weighted by atomic mass is 16.5. The van der Waals surface area contributed by atoms with Gasteiger partial charge in [-0.3, -0.25) is 0 Å². The summed E-state index contributed by atoms with van der Waals surface area (Å²) < 4.78 is 10.9. The van der Waals surface area contributed by atoms with Gasteiger partial charge in [-0.2, -0.15) is 4.98 Å². The van der Waals surface area contributed by atoms with E-state index in [-0.39, 0.29) is 5.89 Å². The molecule has 0 amide bonds. The molecule has 0 saturated heterocycles. The molecule has 96 valence electrons. The lowest BCUT2D eigenvalue weighted by atomic mass is 9.84. The molecule has 0 aromatic carbocycles. The highest BCUT2D eigenvalue weighted by Gasteiger charge is 2.39. The lowest BCUT2D eigenvalue weighted by Gasteiger charge is -2.33. The van der Waals surface area contributed by atoms with Crippen molar-refractivity contribution in [3.05, 3.63) is 11.7 Å². The van der Waals surface area contributed by atoms with Gasteiger partial charge >= 0.3 is 0 Å². The van der Waals surface area contributed by atoms with Crippen LogP contribution in [-0.2, 0) is 10.3 Å². The summed E-state index contributed by atoms with van der Waals surface area (Å²) in [5.74, 6) is 0.861. The van der Waals surface area contributed by atoms with Gasteiger partial charge in [-0.25, -0.2) is 0 Å². The quantitative estimate of drug-likeness (QED) is 0.874. The summed E-state index contributed by atoms with van der Waals surface area (Å²) >= 11 is 0. The topological polar surface area (TPSA) is 68.4 Å². The highest BCUT2D eigenvalue weighted by molar-refractivity contribution is 5.04. The summed E-state index contributed by atoms with van der Waals surface area (Å²) in [6, 6.07) is 0. The number of rotatable bonds is 4. The third kappa shape index (κ3) is 2.50. The molecule has 1 atom stereocenters. The van der Waals surface area contributed by atoms with E-state index in [1.54, 1.807) is 6.92 Å². The van der Waals surface area contributed by atoms with E-state index >= 15 is 0 Å². The standard InChI is InChI=1S/C12H20N2O3/c1-3-16-12(7-5-4-6-8-12)11-13-10(9(2)15)17-14-11/h9,15H,3-8H2,1-2H3. The Labute approximate surface area is 101 Å². The van der Waals surface area contributed by atoms with Crippen LogP contribution in [0.2, 0.25) is 0 Å². The molecule has 17 heavy (non-hydrogen) atoms. The molecule has 0 radical (unpaired) electrons. The first-order chi connectivity index (χ1) is 8.18. The Morgan fingerprint density at radius 2 is 2.12 bits per heavy atom. The second kappa shape index (κ2) is 5.14. The first-order valence-corrected chi connectivity index (χ1v) is 6.34. The number of hydrogen-bond acceptors (Lipinski definition) is 5. The van der Waals surface area contributed by atoms with Crippen LogP contribution in [-0.4, -0.2) is 21.9 Å². The first-order valence-electron chi connectivity index (χ1n) is 6.34. The van der Waals surface area contributed by atoms with Crippen LogP contribution in [0.25, 0.3) is 0 Å². The Balaban J connectivity index is 2.24. The van der Waals surface area contributed by atoms with Crippen molar-refractivity contribution in [2.24, 2.45) is 0 Å². The molecule has 0 aliphatic heterocycles. The van der Waals surface area contributed by atoms with Gasteiger partial charge in [0.15, 0.2) is 0 Å². The van der Waals surface area contributed by atoms with Crippen molar-refractivity contribution in [3.63, 3.8) is 0 Å². The zero-order valence-corrected chi connectivity index (χ0v) is 10.5. The van der Waals surface area contributed by atoms with Gasteiger partial charge in [-0.15, -0.1) is 0 Å². The van der Waals surface area contributed by atoms with Crippen LogP contribution in [0, 0.1) is 0 Å². The van der Waals surface area contributed by atoms with Gasteiger partial charge in [0.2, 0.25) is 5.82 Å². The van der Waals surface area contributed by atoms with Crippen molar-refractivity contribution in [2.75, 3.05) is 6.61 Å². The minimum Gasteiger partial charge on any atom is -0.384 e. The molecule has 1 fully saturated rings. The van der Waals surface area contributed by atoms with Crippen LogP contribution in [0.4, 0.5) is 0 Å². The molecule has 1 aliphatic rings. The fourth-order valence-corrected chi connectivity index (χ4v) is 2.42. The summed E-state index contributed by atoms with van der Waals surface area (Å²) in [7, 11) is 0. The molecule has 0 spiro atoms. The van der Waals surface area contributed by atoms with E-state index in [1.807, 2.05) is 6.92 Å². The van der Waals surface area contributed by atoms with E-state index < -0.39 is 11.7 Å². The molecule has 1 heterocycles. The minimum atomic E-state index is -0.724. The number of nitrogens with zero attached hydrogens (tertiary/aromatic N) is 2. The van der Waals surface area contributed by atoms with E-state index in [9.17, 15) is 5.11 Å². The zero-order valence-electron chi connectivity index (χ0n) is 10.5. The number of ether oxygens (including phenoxy) is 1. The van der Waals surface area contributed by atoms with Crippen molar-refractivity contribution in [2.45, 2.75) is 57.7 Å². The number of aromatic nitrogens is 2. The molecule has 1 aromatic rings. The van der Waals surface area contributed by atoms with Gasteiger partial charge in [-0.05, 0) is 26.7 Å². The predicted molar refractivity (Wildman–Crippen MR) is 61.3 cm³/mol. The van der Waals surface area contributed by atoms with Gasteiger partial charge in [0.1, 0.15) is 11.7 Å². The minimum absolute atomic E-state index is 0.268. The highest BCUT2D eigenvalue weighted by Crippen LogP contribution is 2.39. The van der Waals surface area contributed by atoms with Gasteiger partial charge in [-0.1, -0.05) is 24.4 Å². The van der Waals surface area contributed by atoms with Gasteiger partial charge < -0.3 is 14.4 Å². The third-order valence-corrected chi connectivity index (χ3v) is 3.29. The fourth-order valence-electron chi connectivity index (χ4n) is 2.42. The SMILES string of the molecule is CCOC1(c2noc(C(C)O)n2)CCCCC1. The molecule has 1 aliphatic carbocycles. The Hall–Kier alpha value is -0.940. The summed E-state index contributed by atoms with van der Waals surface area (Å²) in [5, 5.41) is 13.4. The van der Waals surface area contributed by atoms with Crippen LogP contribution in [0.3, 0.4) is 0 Å². The Bertz CT molecular complexity index is 351. The van der Waals surface area contributed by atoms with Gasteiger partial charge in [0, 0.05) is 6.61 Å². The average molecular weight is 240 g/mol. The first kappa shape index (κ1) is 12.5. The van der Waals surface area contributed by atoms with Crippen LogP contribution >= 0.6 is 0 Å². The predicted octanol–water partition coefficient (Wildman–Crippen LogP) is 2.32. The van der Waals surface area contributed by atoms with E-state index in [1.165, 1.54) is 6.42 Å². The van der Waals surface area contributed by atoms with Crippen molar-refractivity contribution >= 4 is 0 Å². The molecule has 0 bridgehead atoms. The maximum atomic E-state index is 9.41. The van der Waals surface area contributed by atoms with Crippen LogP contribution in [0.15, 0.2) is 4.52 Å². The van der Waals surface area contributed by atoms with Crippen LogP contribution in [0.5, 0.6) is 0 Å². The largest absolute Gasteiger partial charge is 0.384 e. The number of aliphatic hydroxyl groups excluding tert-OH is 1. The molecular formula is C12H20N2O3. The molecule has 5 heteroatoms. The molecule has 1 saturated carbocycles. The zero-order chi connectivity index (χ0) is 12.3. The number of aliphatic hydroxyl groups is 1. The number of hydrogen-bond donors (Lipinski definition) is 1. The maximum Gasteiger partial charge on any atom is 0.255 e. The third-order valence-electron chi connectivity index (χ3n) is 3.29. The molecule has 5 nitrogen and oxygen atoms in total. The Kier molecular flexibility index (Phi) is 3.79. The summed E-state index contributed by atoms with van der Waals surface area (Å²) in [4.78, 5) is 4.27. The Morgan fingerprint density at radius 3 is 2.65 bits per heavy atom. The second-order valence-electron chi connectivity index (χ2n) is 4.62. The maximum absolute atomic E-state index is 9.41. The van der Waals surface area contributed by atoms with Crippen molar-refractivity contribution in [1.82, 2.24) is 10.1 Å². The molecule has 1 N–H and O–H groups in total. The second-order valence-corrected chi connectivity index (χ2v) is 4.62. The van der Waals surface area contributed by atoms with E-state index in [0.717, 1.165) is 25.7 Å². The van der Waals surface area contributed by atoms with E-state index in [0.29, 0.717) is 12.4 Å². The fraction of sp³-hybridized carbons (Fsp3) is 0.833. The summed E-state index contributed by atoms with van der Waals surface area (Å²) in [5.41, 5.74) is -0.399. The molecule has 1 unspecified atom stereocenters. The van der Waals surface area contributed by atoms with Gasteiger partial charge in [0.05, 0.1) is 0 Å². The van der Waals surface area contributed by atoms with Crippen LogP contribution < -0.4 is 0 Å². The Morgan fingerprint density at radius 1 is 1.41 bits per heavy atom. The van der Waals surface area contributed by atoms with Gasteiger partial charge in [0.25, 0.3) is 5.89 Å². The smallest absolute Gasteiger partial charge is 0.255 e.